The first-order valence-electron chi connectivity index (χ1n) is 10.00. The Morgan fingerprint density at radius 2 is 1.28 bits per heavy atom. The van der Waals surface area contributed by atoms with Crippen molar-refractivity contribution in [3.8, 4) is 0 Å². The zero-order valence-corrected chi connectivity index (χ0v) is 17.9. The lowest BCUT2D eigenvalue weighted by Gasteiger charge is -2.27. The van der Waals surface area contributed by atoms with Crippen LogP contribution in [0.2, 0.25) is 0 Å². The van der Waals surface area contributed by atoms with Crippen LogP contribution in [0.25, 0.3) is 0 Å². The van der Waals surface area contributed by atoms with Gasteiger partial charge in [-0.15, -0.1) is 0 Å². The van der Waals surface area contributed by atoms with Gasteiger partial charge in [0.05, 0.1) is 0 Å². The van der Waals surface area contributed by atoms with Gasteiger partial charge in [-0.3, -0.25) is 14.4 Å². The molecule has 8 nitrogen and oxygen atoms in total. The molecule has 29 heavy (non-hydrogen) atoms. The number of hydrogen-bond acceptors (Lipinski definition) is 5. The van der Waals surface area contributed by atoms with Gasteiger partial charge in [-0.05, 0) is 30.7 Å². The van der Waals surface area contributed by atoms with Crippen LogP contribution in [-0.2, 0) is 14.4 Å². The van der Waals surface area contributed by atoms with Crippen molar-refractivity contribution in [3.63, 3.8) is 0 Å². The van der Waals surface area contributed by atoms with Gasteiger partial charge >= 0.3 is 0 Å². The summed E-state index contributed by atoms with van der Waals surface area (Å²) in [6.07, 6.45) is 3.79. The number of carbonyl (C=O) groups is 3. The summed E-state index contributed by atoms with van der Waals surface area (Å²) in [6.45, 7) is 19.8. The smallest absolute Gasteiger partial charge is 0.246 e. The van der Waals surface area contributed by atoms with Gasteiger partial charge in [0.15, 0.2) is 0 Å². The summed E-state index contributed by atoms with van der Waals surface area (Å²) in [4.78, 5) is 38.6. The molecule has 0 unspecified atom stereocenters. The molecule has 8 heteroatoms. The quantitative estimate of drug-likeness (QED) is 0.236. The van der Waals surface area contributed by atoms with E-state index >= 15 is 0 Å². The van der Waals surface area contributed by atoms with E-state index < -0.39 is 0 Å². The minimum Gasteiger partial charge on any atom is -0.351 e. The molecule has 0 aliphatic carbocycles. The molecule has 0 aliphatic rings. The summed E-state index contributed by atoms with van der Waals surface area (Å²) in [5, 5.41) is 9.14. The molecule has 0 radical (unpaired) electrons. The average Bonchev–Trinajstić information content (AvgIpc) is 2.72. The van der Waals surface area contributed by atoms with Crippen molar-refractivity contribution < 1.29 is 14.4 Å². The fraction of sp³-hybridized carbons (Fsp3) is 0.571. The monoisotopic (exact) mass is 407 g/mol. The molecule has 0 aromatic carbocycles. The highest BCUT2D eigenvalue weighted by Gasteiger charge is 2.15. The Labute approximate surface area is 175 Å². The fourth-order valence-electron chi connectivity index (χ4n) is 2.45. The lowest BCUT2D eigenvalue weighted by atomic mass is 10.2. The lowest BCUT2D eigenvalue weighted by Crippen LogP contribution is -2.44. The Balaban J connectivity index is 4.45. The normalized spacial score (nSPS) is 10.3. The summed E-state index contributed by atoms with van der Waals surface area (Å²) >= 11 is 0. The maximum atomic E-state index is 12.1. The highest BCUT2D eigenvalue weighted by atomic mass is 16.2. The van der Waals surface area contributed by atoms with Crippen LogP contribution in [-0.4, -0.2) is 86.4 Å². The largest absolute Gasteiger partial charge is 0.351 e. The third-order valence-corrected chi connectivity index (χ3v) is 4.07. The Hall–Kier alpha value is -2.45. The number of nitrogens with one attached hydrogen (secondary N) is 3. The summed E-state index contributed by atoms with van der Waals surface area (Å²) < 4.78 is 0. The Morgan fingerprint density at radius 3 is 1.72 bits per heavy atom. The van der Waals surface area contributed by atoms with Gasteiger partial charge in [-0.1, -0.05) is 33.6 Å². The van der Waals surface area contributed by atoms with Crippen LogP contribution in [0.1, 0.15) is 13.8 Å². The third-order valence-electron chi connectivity index (χ3n) is 4.07. The highest BCUT2D eigenvalue weighted by Crippen LogP contribution is 1.97. The number of rotatable bonds is 17. The van der Waals surface area contributed by atoms with E-state index in [4.69, 9.17) is 0 Å². The number of hydrogen-bond donors (Lipinski definition) is 3. The summed E-state index contributed by atoms with van der Waals surface area (Å²) in [6, 6.07) is 0. The van der Waals surface area contributed by atoms with Crippen LogP contribution in [0, 0.1) is 5.92 Å². The molecular weight excluding hydrogens is 370 g/mol. The molecule has 0 saturated carbocycles. The van der Waals surface area contributed by atoms with Gasteiger partial charge in [-0.2, -0.15) is 0 Å². The van der Waals surface area contributed by atoms with Crippen LogP contribution < -0.4 is 16.0 Å². The van der Waals surface area contributed by atoms with Crippen LogP contribution in [0.5, 0.6) is 0 Å². The van der Waals surface area contributed by atoms with Crippen molar-refractivity contribution in [2.75, 3.05) is 58.9 Å². The molecule has 0 fully saturated rings. The number of amides is 3. The number of carbonyl (C=O) groups excluding carboxylic acids is 3. The van der Waals surface area contributed by atoms with Crippen molar-refractivity contribution >= 4 is 17.7 Å². The Kier molecular flexibility index (Phi) is 15.1. The zero-order chi connectivity index (χ0) is 22.1. The molecule has 0 aromatic heterocycles. The minimum absolute atomic E-state index is 0.154. The molecule has 3 N–H and O–H groups in total. The van der Waals surface area contributed by atoms with Crippen molar-refractivity contribution in [2.24, 2.45) is 5.92 Å². The van der Waals surface area contributed by atoms with Crippen LogP contribution in [0.4, 0.5) is 0 Å². The summed E-state index contributed by atoms with van der Waals surface area (Å²) in [5.41, 5.74) is 0. The topological polar surface area (TPSA) is 93.8 Å². The standard InChI is InChI=1S/C21H37N5O3/c1-6-19(27)24-10-9-22-11-13-25(20(28)7-2)15-16-26(21(29)8-3)14-12-23-17-18(4)5/h6-8,18,22-23H,1-3,9-17H2,4-5H3,(H,24,27). The van der Waals surface area contributed by atoms with Crippen molar-refractivity contribution in [1.82, 2.24) is 25.8 Å². The first-order chi connectivity index (χ1) is 13.8. The molecule has 0 bridgehead atoms. The molecule has 3 amide bonds. The van der Waals surface area contributed by atoms with E-state index in [1.54, 1.807) is 9.80 Å². The van der Waals surface area contributed by atoms with Crippen LogP contribution in [0.3, 0.4) is 0 Å². The van der Waals surface area contributed by atoms with Gasteiger partial charge in [0.1, 0.15) is 0 Å². The summed E-state index contributed by atoms with van der Waals surface area (Å²) in [7, 11) is 0. The van der Waals surface area contributed by atoms with E-state index in [1.165, 1.54) is 18.2 Å². The summed E-state index contributed by atoms with van der Waals surface area (Å²) in [5.74, 6) is -0.0175. The van der Waals surface area contributed by atoms with Gasteiger partial charge in [-0.25, -0.2) is 0 Å². The van der Waals surface area contributed by atoms with Crippen molar-refractivity contribution in [2.45, 2.75) is 13.8 Å². The SMILES string of the molecule is C=CC(=O)NCCNCCN(CCN(CCNCC(C)C)C(=O)C=C)C(=O)C=C. The maximum absolute atomic E-state index is 12.1. The predicted octanol–water partition coefficient (Wildman–Crippen LogP) is 0.153. The molecule has 0 spiro atoms. The highest BCUT2D eigenvalue weighted by molar-refractivity contribution is 5.88. The molecule has 0 saturated heterocycles. The Bertz CT molecular complexity index is 548. The molecule has 164 valence electrons. The van der Waals surface area contributed by atoms with E-state index in [0.717, 1.165) is 6.54 Å². The van der Waals surface area contributed by atoms with E-state index in [9.17, 15) is 14.4 Å². The van der Waals surface area contributed by atoms with Gasteiger partial charge in [0.25, 0.3) is 0 Å². The minimum atomic E-state index is -0.217. The van der Waals surface area contributed by atoms with Crippen molar-refractivity contribution in [3.05, 3.63) is 38.0 Å². The lowest BCUT2D eigenvalue weighted by molar-refractivity contribution is -0.129. The fourth-order valence-corrected chi connectivity index (χ4v) is 2.45. The molecule has 0 heterocycles. The van der Waals surface area contributed by atoms with E-state index in [2.05, 4.69) is 49.5 Å². The third kappa shape index (κ3) is 13.4. The van der Waals surface area contributed by atoms with Crippen LogP contribution >= 0.6 is 0 Å². The molecule has 0 aromatic rings. The van der Waals surface area contributed by atoms with Gasteiger partial charge in [0.2, 0.25) is 17.7 Å². The van der Waals surface area contributed by atoms with Crippen molar-refractivity contribution in [1.29, 1.82) is 0 Å². The van der Waals surface area contributed by atoms with E-state index in [-0.39, 0.29) is 17.7 Å². The second-order valence-corrected chi connectivity index (χ2v) is 6.90. The van der Waals surface area contributed by atoms with E-state index in [1.807, 2.05) is 0 Å². The predicted molar refractivity (Wildman–Crippen MR) is 117 cm³/mol. The first kappa shape index (κ1) is 26.6. The van der Waals surface area contributed by atoms with E-state index in [0.29, 0.717) is 58.3 Å². The molecule has 0 atom stereocenters. The first-order valence-corrected chi connectivity index (χ1v) is 10.00. The number of nitrogens with zero attached hydrogens (tertiary/aromatic N) is 2. The van der Waals surface area contributed by atoms with Crippen LogP contribution in [0.15, 0.2) is 38.0 Å². The average molecular weight is 408 g/mol. The second-order valence-electron chi connectivity index (χ2n) is 6.90. The zero-order valence-electron chi connectivity index (χ0n) is 17.9. The molecule has 0 aliphatic heterocycles. The Morgan fingerprint density at radius 1 is 0.759 bits per heavy atom. The molecular formula is C21H37N5O3. The maximum Gasteiger partial charge on any atom is 0.246 e. The molecule has 0 rings (SSSR count). The second kappa shape index (κ2) is 16.5. The van der Waals surface area contributed by atoms with Gasteiger partial charge in [0, 0.05) is 52.4 Å². The van der Waals surface area contributed by atoms with Gasteiger partial charge < -0.3 is 25.8 Å².